The van der Waals surface area contributed by atoms with Gasteiger partial charge in [0.2, 0.25) is 0 Å². The molecule has 1 unspecified atom stereocenters. The highest BCUT2D eigenvalue weighted by molar-refractivity contribution is 8.15. The molecule has 0 saturated carbocycles. The van der Waals surface area contributed by atoms with Crippen molar-refractivity contribution in [1.82, 2.24) is 14.5 Å². The minimum atomic E-state index is -2.45. The molecule has 1 aliphatic rings. The second kappa shape index (κ2) is 6.18. The number of amidine groups is 1. The molecule has 0 saturated heterocycles. The Labute approximate surface area is 155 Å². The van der Waals surface area contributed by atoms with Crippen LogP contribution in [-0.4, -0.2) is 34.4 Å². The van der Waals surface area contributed by atoms with E-state index in [-0.39, 0.29) is 0 Å². The Morgan fingerprint density at radius 1 is 1.16 bits per heavy atom. The molecule has 0 aliphatic carbocycles. The second-order valence-corrected chi connectivity index (χ2v) is 10.5. The first-order chi connectivity index (χ1) is 12.1. The van der Waals surface area contributed by atoms with E-state index >= 15 is 0 Å². The van der Waals surface area contributed by atoms with Gasteiger partial charge in [-0.3, -0.25) is 0 Å². The van der Waals surface area contributed by atoms with Crippen molar-refractivity contribution in [2.45, 2.75) is 6.92 Å². The molecule has 0 bridgehead atoms. The van der Waals surface area contributed by atoms with Crippen molar-refractivity contribution in [2.75, 3.05) is 14.2 Å². The number of aliphatic imine (C=N–C) groups is 1. The maximum absolute atomic E-state index is 6.02. The van der Waals surface area contributed by atoms with Crippen LogP contribution >= 0.6 is 17.8 Å². The van der Waals surface area contributed by atoms with Gasteiger partial charge in [0.05, 0.1) is 21.6 Å². The summed E-state index contributed by atoms with van der Waals surface area (Å²) in [7, 11) is 3.64. The van der Waals surface area contributed by atoms with E-state index < -0.39 is 6.42 Å². The largest absolute Gasteiger partial charge is 0.334 e. The zero-order chi connectivity index (χ0) is 17.6. The monoisotopic (exact) mass is 388 g/mol. The number of aryl methyl sites for hydroxylation is 1. The normalized spacial score (nSPS) is 19.6. The molecule has 1 aromatic carbocycles. The van der Waals surface area contributed by atoms with E-state index in [4.69, 9.17) is 26.4 Å². The van der Waals surface area contributed by atoms with Gasteiger partial charge in [0, 0.05) is 14.2 Å². The molecular weight excluding hydrogens is 371 g/mol. The number of fused-ring (bicyclic) bond motifs is 1. The zero-order valence-electron chi connectivity index (χ0n) is 14.1. The summed E-state index contributed by atoms with van der Waals surface area (Å²) >= 11 is 7.66. The summed E-state index contributed by atoms with van der Waals surface area (Å²) in [5, 5.41) is 7.69. The van der Waals surface area contributed by atoms with Gasteiger partial charge in [-0.1, -0.05) is 24.3 Å². The van der Waals surface area contributed by atoms with Gasteiger partial charge in [-0.05, 0) is 42.3 Å². The van der Waals surface area contributed by atoms with Gasteiger partial charge in [0.15, 0.2) is 18.1 Å². The first-order valence-electron chi connectivity index (χ1n) is 7.74. The lowest BCUT2D eigenvalue weighted by Crippen LogP contribution is -2.33. The first-order valence-corrected chi connectivity index (χ1v) is 11.3. The number of hydrogen-bond acceptors (Lipinski definition) is 5. The van der Waals surface area contributed by atoms with Gasteiger partial charge >= 0.3 is 0 Å². The predicted octanol–water partition coefficient (Wildman–Crippen LogP) is 3.85. The molecule has 3 heterocycles. The minimum absolute atomic E-state index is 0.774. The van der Waals surface area contributed by atoms with E-state index in [0.717, 1.165) is 33.2 Å². The smallest absolute Gasteiger partial charge is 0.192 e. The van der Waals surface area contributed by atoms with Crippen LogP contribution in [0.3, 0.4) is 0 Å². The van der Waals surface area contributed by atoms with E-state index in [0.29, 0.717) is 0 Å². The van der Waals surface area contributed by atoms with Crippen LogP contribution in [-0.2, 0) is 16.3 Å². The van der Waals surface area contributed by atoms with Crippen LogP contribution in [0.5, 0.6) is 0 Å². The molecule has 0 spiro atoms. The minimum Gasteiger partial charge on any atom is -0.334 e. The molecule has 4 rings (SSSR count). The molecule has 8 heteroatoms. The molecule has 2 aromatic heterocycles. The summed E-state index contributed by atoms with van der Waals surface area (Å²) in [6.07, 6.45) is -2.45. The van der Waals surface area contributed by atoms with Crippen LogP contribution in [0.4, 0.5) is 5.82 Å². The summed E-state index contributed by atoms with van der Waals surface area (Å²) in [6.45, 7) is 1.97. The fourth-order valence-electron chi connectivity index (χ4n) is 2.97. The molecular formula is C17H17N4OPS2. The first kappa shape index (κ1) is 16.7. The number of thiophene rings is 1. The molecule has 0 amide bonds. The van der Waals surface area contributed by atoms with Crippen molar-refractivity contribution in [2.24, 2.45) is 4.99 Å². The topological polar surface area (TPSA) is 42.6 Å². The summed E-state index contributed by atoms with van der Waals surface area (Å²) in [6, 6.07) is 14.1. The Bertz CT molecular complexity index is 995. The van der Waals surface area contributed by atoms with E-state index in [1.54, 1.807) is 18.4 Å². The Hall–Kier alpha value is -1.79. The average molecular weight is 388 g/mol. The quantitative estimate of drug-likeness (QED) is 0.640. The molecule has 25 heavy (non-hydrogen) atoms. The maximum Gasteiger partial charge on any atom is 0.192 e. The molecule has 0 fully saturated rings. The molecule has 0 radical (unpaired) electrons. The zero-order valence-corrected chi connectivity index (χ0v) is 16.6. The van der Waals surface area contributed by atoms with Crippen molar-refractivity contribution in [1.29, 1.82) is 0 Å². The number of aromatic nitrogens is 2. The lowest BCUT2D eigenvalue weighted by Gasteiger charge is -2.35. The highest BCUT2D eigenvalue weighted by atomic mass is 32.4. The summed E-state index contributed by atoms with van der Waals surface area (Å²) in [5.74, 6) is 1.61. The van der Waals surface area contributed by atoms with Gasteiger partial charge in [0.25, 0.3) is 0 Å². The van der Waals surface area contributed by atoms with Gasteiger partial charge in [-0.15, -0.1) is 11.3 Å². The third kappa shape index (κ3) is 2.50. The summed E-state index contributed by atoms with van der Waals surface area (Å²) in [4.78, 5) is 6.01. The molecule has 1 aliphatic heterocycles. The van der Waals surface area contributed by atoms with E-state index in [2.05, 4.69) is 6.07 Å². The van der Waals surface area contributed by atoms with Gasteiger partial charge < -0.3 is 9.19 Å². The molecule has 128 valence electrons. The van der Waals surface area contributed by atoms with Crippen LogP contribution in [0, 0.1) is 6.92 Å². The van der Waals surface area contributed by atoms with Crippen LogP contribution < -0.4 is 5.30 Å². The lowest BCUT2D eigenvalue weighted by molar-refractivity contribution is 0.439. The highest BCUT2D eigenvalue weighted by Crippen LogP contribution is 2.55. The van der Waals surface area contributed by atoms with E-state index in [9.17, 15) is 0 Å². The number of para-hydroxylation sites is 1. The predicted molar refractivity (Wildman–Crippen MR) is 108 cm³/mol. The summed E-state index contributed by atoms with van der Waals surface area (Å²) < 4.78 is 9.78. The van der Waals surface area contributed by atoms with Gasteiger partial charge in [0.1, 0.15) is 0 Å². The highest BCUT2D eigenvalue weighted by Gasteiger charge is 2.39. The SMILES string of the molecule is COP1(=S)c2c(C)nn(-c3ccccc3)c2N=C(c2cccs2)N1C. The van der Waals surface area contributed by atoms with Crippen molar-refractivity contribution in [3.63, 3.8) is 0 Å². The number of rotatable bonds is 3. The van der Waals surface area contributed by atoms with Crippen molar-refractivity contribution in [3.8, 4) is 5.69 Å². The molecule has 3 aromatic rings. The Balaban J connectivity index is 2.02. The molecule has 5 nitrogen and oxygen atoms in total. The average Bonchev–Trinajstić information content (AvgIpc) is 3.27. The van der Waals surface area contributed by atoms with Gasteiger partial charge in [-0.25, -0.2) is 9.67 Å². The van der Waals surface area contributed by atoms with Crippen LogP contribution in [0.15, 0.2) is 52.8 Å². The number of benzene rings is 1. The maximum atomic E-state index is 6.02. The van der Waals surface area contributed by atoms with E-state index in [1.807, 2.05) is 65.1 Å². The van der Waals surface area contributed by atoms with Gasteiger partial charge in [-0.2, -0.15) is 5.10 Å². The number of nitrogens with zero attached hydrogens (tertiary/aromatic N) is 4. The fourth-order valence-corrected chi connectivity index (χ4v) is 6.64. The Morgan fingerprint density at radius 3 is 2.56 bits per heavy atom. The number of hydrogen-bond donors (Lipinski definition) is 0. The fraction of sp³-hybridized carbons (Fsp3) is 0.176. The van der Waals surface area contributed by atoms with Crippen LogP contribution in [0.1, 0.15) is 10.6 Å². The van der Waals surface area contributed by atoms with Crippen molar-refractivity contribution in [3.05, 3.63) is 58.4 Å². The summed E-state index contributed by atoms with van der Waals surface area (Å²) in [5.41, 5.74) is 1.83. The molecule has 0 N–H and O–H groups in total. The lowest BCUT2D eigenvalue weighted by atomic mass is 10.3. The van der Waals surface area contributed by atoms with Crippen LogP contribution in [0.2, 0.25) is 0 Å². The third-order valence-corrected chi connectivity index (χ3v) is 9.35. The molecule has 1 atom stereocenters. The Kier molecular flexibility index (Phi) is 4.12. The second-order valence-electron chi connectivity index (χ2n) is 5.64. The standard InChI is InChI=1S/C17H17N4OPS2/c1-12-15-17(21(19-12)13-8-5-4-6-9-13)18-16(14-10-7-11-25-14)20(2)23(15,24)22-3/h4-11H,1-3H3. The van der Waals surface area contributed by atoms with Crippen molar-refractivity contribution < 1.29 is 4.52 Å². The van der Waals surface area contributed by atoms with Crippen molar-refractivity contribution >= 4 is 46.5 Å². The van der Waals surface area contributed by atoms with Crippen LogP contribution in [0.25, 0.3) is 5.69 Å². The Morgan fingerprint density at radius 2 is 1.92 bits per heavy atom. The third-order valence-electron chi connectivity index (χ3n) is 4.19. The van der Waals surface area contributed by atoms with E-state index in [1.165, 1.54) is 0 Å².